The number of benzene rings is 3. The molecule has 1 heterocycles. The number of para-hydroxylation sites is 1. The van der Waals surface area contributed by atoms with E-state index in [4.69, 9.17) is 16.6 Å². The Balaban J connectivity index is 1.54. The molecule has 4 nitrogen and oxygen atoms in total. The molecule has 0 aliphatic carbocycles. The van der Waals surface area contributed by atoms with Gasteiger partial charge in [0.2, 0.25) is 5.91 Å². The van der Waals surface area contributed by atoms with Crippen LogP contribution in [0.5, 0.6) is 0 Å². The SMILES string of the molecule is O=C(CSc1nc(-c2ccccc2)cn1-c1ccccc1)Nc1ccc(F)c(Cl)c1. The lowest BCUT2D eigenvalue weighted by atomic mass is 10.2. The molecule has 1 aromatic heterocycles. The number of anilines is 1. The van der Waals surface area contributed by atoms with Gasteiger partial charge in [0.05, 0.1) is 16.5 Å². The quantitative estimate of drug-likeness (QED) is 0.373. The van der Waals surface area contributed by atoms with Crippen LogP contribution in [0.1, 0.15) is 0 Å². The van der Waals surface area contributed by atoms with Gasteiger partial charge < -0.3 is 5.32 Å². The number of rotatable bonds is 6. The fraction of sp³-hybridized carbons (Fsp3) is 0.0435. The molecule has 4 rings (SSSR count). The number of hydrogen-bond acceptors (Lipinski definition) is 3. The summed E-state index contributed by atoms with van der Waals surface area (Å²) in [6.45, 7) is 0. The Morgan fingerprint density at radius 1 is 1.03 bits per heavy atom. The van der Waals surface area contributed by atoms with Crippen LogP contribution in [0.2, 0.25) is 5.02 Å². The molecule has 0 aliphatic rings. The number of nitrogens with one attached hydrogen (secondary N) is 1. The highest BCUT2D eigenvalue weighted by Crippen LogP contribution is 2.27. The molecule has 1 amide bonds. The molecule has 0 saturated carbocycles. The molecule has 0 saturated heterocycles. The lowest BCUT2D eigenvalue weighted by Crippen LogP contribution is -2.14. The number of carbonyl (C=O) groups excluding carboxylic acids is 1. The summed E-state index contributed by atoms with van der Waals surface area (Å²) < 4.78 is 15.3. The first-order chi connectivity index (χ1) is 14.6. The Kier molecular flexibility index (Phi) is 6.16. The van der Waals surface area contributed by atoms with E-state index in [1.807, 2.05) is 71.4 Å². The highest BCUT2D eigenvalue weighted by atomic mass is 35.5. The van der Waals surface area contributed by atoms with Crippen molar-refractivity contribution >= 4 is 35.0 Å². The van der Waals surface area contributed by atoms with E-state index in [2.05, 4.69) is 5.32 Å². The van der Waals surface area contributed by atoms with Crippen molar-refractivity contribution in [1.82, 2.24) is 9.55 Å². The lowest BCUT2D eigenvalue weighted by molar-refractivity contribution is -0.113. The van der Waals surface area contributed by atoms with Crippen LogP contribution in [0.15, 0.2) is 90.2 Å². The van der Waals surface area contributed by atoms with E-state index >= 15 is 0 Å². The summed E-state index contributed by atoms with van der Waals surface area (Å²) >= 11 is 7.10. The number of halogens is 2. The van der Waals surface area contributed by atoms with Gasteiger partial charge >= 0.3 is 0 Å². The zero-order valence-electron chi connectivity index (χ0n) is 15.8. The molecular weight excluding hydrogens is 421 g/mol. The smallest absolute Gasteiger partial charge is 0.234 e. The molecule has 3 aromatic carbocycles. The molecule has 7 heteroatoms. The second-order valence-corrected chi connectivity index (χ2v) is 7.80. The summed E-state index contributed by atoms with van der Waals surface area (Å²) in [5, 5.41) is 3.40. The number of hydrogen-bond donors (Lipinski definition) is 1. The minimum absolute atomic E-state index is 0.0347. The summed E-state index contributed by atoms with van der Waals surface area (Å²) in [5.41, 5.74) is 3.23. The average Bonchev–Trinajstić information content (AvgIpc) is 3.20. The second-order valence-electron chi connectivity index (χ2n) is 6.45. The first kappa shape index (κ1) is 20.2. The first-order valence-electron chi connectivity index (χ1n) is 9.18. The largest absolute Gasteiger partial charge is 0.325 e. The molecule has 0 atom stereocenters. The number of thioether (sulfide) groups is 1. The number of aromatic nitrogens is 2. The Morgan fingerprint density at radius 3 is 2.43 bits per heavy atom. The predicted octanol–water partition coefficient (Wildman–Crippen LogP) is 6.06. The standard InChI is InChI=1S/C23H17ClFN3OS/c24-19-13-17(11-12-20(19)25)26-22(29)15-30-23-27-21(16-7-3-1-4-8-16)14-28(23)18-9-5-2-6-10-18/h1-14H,15H2,(H,26,29). The molecule has 0 radical (unpaired) electrons. The minimum atomic E-state index is -0.526. The second kappa shape index (κ2) is 9.15. The molecule has 4 aromatic rings. The number of carbonyl (C=O) groups is 1. The molecule has 0 fully saturated rings. The van der Waals surface area contributed by atoms with Crippen molar-refractivity contribution < 1.29 is 9.18 Å². The van der Waals surface area contributed by atoms with E-state index in [0.29, 0.717) is 10.8 Å². The van der Waals surface area contributed by atoms with Crippen molar-refractivity contribution in [3.8, 4) is 16.9 Å². The van der Waals surface area contributed by atoms with Crippen molar-refractivity contribution in [2.45, 2.75) is 5.16 Å². The number of nitrogens with zero attached hydrogens (tertiary/aromatic N) is 2. The third-order valence-electron chi connectivity index (χ3n) is 4.31. The van der Waals surface area contributed by atoms with Crippen LogP contribution in [0, 0.1) is 5.82 Å². The zero-order chi connectivity index (χ0) is 20.9. The van der Waals surface area contributed by atoms with Gasteiger partial charge in [-0.2, -0.15) is 0 Å². The lowest BCUT2D eigenvalue weighted by Gasteiger charge is -2.08. The Labute approximate surface area is 182 Å². The van der Waals surface area contributed by atoms with Crippen molar-refractivity contribution in [3.05, 3.63) is 95.9 Å². The van der Waals surface area contributed by atoms with Gasteiger partial charge in [-0.15, -0.1) is 0 Å². The Hall–Kier alpha value is -3.09. The number of amides is 1. The van der Waals surface area contributed by atoms with Gasteiger partial charge in [-0.1, -0.05) is 71.9 Å². The maximum Gasteiger partial charge on any atom is 0.234 e. The summed E-state index contributed by atoms with van der Waals surface area (Å²) in [4.78, 5) is 17.1. The molecular formula is C23H17ClFN3OS. The highest BCUT2D eigenvalue weighted by Gasteiger charge is 2.14. The van der Waals surface area contributed by atoms with Gasteiger partial charge in [0.15, 0.2) is 5.16 Å². The zero-order valence-corrected chi connectivity index (χ0v) is 17.3. The van der Waals surface area contributed by atoms with E-state index in [0.717, 1.165) is 16.9 Å². The van der Waals surface area contributed by atoms with Gasteiger partial charge in [-0.05, 0) is 30.3 Å². The molecule has 150 valence electrons. The van der Waals surface area contributed by atoms with E-state index in [9.17, 15) is 9.18 Å². The third kappa shape index (κ3) is 4.72. The van der Waals surface area contributed by atoms with Crippen LogP contribution >= 0.6 is 23.4 Å². The fourth-order valence-electron chi connectivity index (χ4n) is 2.89. The van der Waals surface area contributed by atoms with E-state index < -0.39 is 5.82 Å². The summed E-state index contributed by atoms with van der Waals surface area (Å²) in [7, 11) is 0. The van der Waals surface area contributed by atoms with Crippen LogP contribution in [0.25, 0.3) is 16.9 Å². The molecule has 1 N–H and O–H groups in total. The van der Waals surface area contributed by atoms with E-state index in [1.54, 1.807) is 0 Å². The van der Waals surface area contributed by atoms with Crippen molar-refractivity contribution in [2.75, 3.05) is 11.1 Å². The van der Waals surface area contributed by atoms with Crippen molar-refractivity contribution in [2.24, 2.45) is 0 Å². The molecule has 0 bridgehead atoms. The van der Waals surface area contributed by atoms with Crippen LogP contribution in [0.4, 0.5) is 10.1 Å². The molecule has 30 heavy (non-hydrogen) atoms. The first-order valence-corrected chi connectivity index (χ1v) is 10.5. The average molecular weight is 438 g/mol. The molecule has 0 unspecified atom stereocenters. The van der Waals surface area contributed by atoms with Gasteiger partial charge in [0, 0.05) is 23.1 Å². The van der Waals surface area contributed by atoms with Crippen molar-refractivity contribution in [1.29, 1.82) is 0 Å². The number of imidazole rings is 1. The normalized spacial score (nSPS) is 10.7. The topological polar surface area (TPSA) is 46.9 Å². The van der Waals surface area contributed by atoms with Gasteiger partial charge in [-0.25, -0.2) is 9.37 Å². The Morgan fingerprint density at radius 2 is 1.73 bits per heavy atom. The highest BCUT2D eigenvalue weighted by molar-refractivity contribution is 7.99. The fourth-order valence-corrected chi connectivity index (χ4v) is 3.86. The van der Waals surface area contributed by atoms with Crippen LogP contribution < -0.4 is 5.32 Å². The van der Waals surface area contributed by atoms with Crippen LogP contribution in [-0.2, 0) is 4.79 Å². The minimum Gasteiger partial charge on any atom is -0.325 e. The van der Waals surface area contributed by atoms with Gasteiger partial charge in [0.1, 0.15) is 5.82 Å². The monoisotopic (exact) mass is 437 g/mol. The van der Waals surface area contributed by atoms with E-state index in [-0.39, 0.29) is 16.7 Å². The summed E-state index contributed by atoms with van der Waals surface area (Å²) in [5.74, 6) is -0.610. The maximum absolute atomic E-state index is 13.3. The molecule has 0 spiro atoms. The maximum atomic E-state index is 13.3. The van der Waals surface area contributed by atoms with Crippen molar-refractivity contribution in [3.63, 3.8) is 0 Å². The summed E-state index contributed by atoms with van der Waals surface area (Å²) in [6.07, 6.45) is 1.96. The van der Waals surface area contributed by atoms with Gasteiger partial charge in [-0.3, -0.25) is 9.36 Å². The molecule has 0 aliphatic heterocycles. The van der Waals surface area contributed by atoms with Gasteiger partial charge in [0.25, 0.3) is 0 Å². The predicted molar refractivity (Wildman–Crippen MR) is 120 cm³/mol. The Bertz CT molecular complexity index is 1170. The van der Waals surface area contributed by atoms with Crippen LogP contribution in [-0.4, -0.2) is 21.2 Å². The van der Waals surface area contributed by atoms with Crippen LogP contribution in [0.3, 0.4) is 0 Å². The summed E-state index contributed by atoms with van der Waals surface area (Å²) in [6, 6.07) is 23.8. The third-order valence-corrected chi connectivity index (χ3v) is 5.56. The van der Waals surface area contributed by atoms with E-state index in [1.165, 1.54) is 30.0 Å².